The fraction of sp³-hybridized carbons (Fsp3) is 0.364. The second-order valence-electron chi connectivity index (χ2n) is 3.91. The lowest BCUT2D eigenvalue weighted by atomic mass is 10.4. The van der Waals surface area contributed by atoms with E-state index in [0.717, 1.165) is 23.0 Å². The summed E-state index contributed by atoms with van der Waals surface area (Å²) in [6.45, 7) is 1.86. The zero-order valence-corrected chi connectivity index (χ0v) is 10.9. The van der Waals surface area contributed by atoms with E-state index in [1.807, 2.05) is 4.90 Å². The maximum Gasteiger partial charge on any atom is 0.226 e. The van der Waals surface area contributed by atoms with Crippen molar-refractivity contribution in [2.24, 2.45) is 0 Å². The highest BCUT2D eigenvalue weighted by atomic mass is 35.5. The van der Waals surface area contributed by atoms with Crippen molar-refractivity contribution < 1.29 is 9.53 Å². The van der Waals surface area contributed by atoms with Crippen LogP contribution in [0.1, 0.15) is 9.67 Å². The molecule has 5 nitrogen and oxygen atoms in total. The van der Waals surface area contributed by atoms with Crippen LogP contribution in [0.4, 0.5) is 5.95 Å². The van der Waals surface area contributed by atoms with E-state index in [0.29, 0.717) is 24.0 Å². The van der Waals surface area contributed by atoms with Crippen molar-refractivity contribution in [1.29, 1.82) is 0 Å². The number of carbonyl (C=O) groups excluding carboxylic acids is 1. The standard InChI is InChI=1S/C11H10ClN3O2S/c12-10-5-15(1-2-17-10)11-13-4-9-8(14-11)3-7(6-16)18-9/h3-4,6,10H,1-2,5H2. The Morgan fingerprint density at radius 1 is 1.61 bits per heavy atom. The van der Waals surface area contributed by atoms with Gasteiger partial charge in [-0.15, -0.1) is 11.3 Å². The van der Waals surface area contributed by atoms with Gasteiger partial charge < -0.3 is 9.64 Å². The highest BCUT2D eigenvalue weighted by Crippen LogP contribution is 2.24. The van der Waals surface area contributed by atoms with Gasteiger partial charge in [0.2, 0.25) is 5.95 Å². The first-order valence-electron chi connectivity index (χ1n) is 5.48. The Morgan fingerprint density at radius 3 is 3.28 bits per heavy atom. The van der Waals surface area contributed by atoms with Crippen LogP contribution in [0, 0.1) is 0 Å². The first kappa shape index (κ1) is 11.8. The zero-order valence-electron chi connectivity index (χ0n) is 9.38. The summed E-state index contributed by atoms with van der Waals surface area (Å²) in [6, 6.07) is 1.77. The summed E-state index contributed by atoms with van der Waals surface area (Å²) in [5.74, 6) is 0.631. The van der Waals surface area contributed by atoms with Gasteiger partial charge in [-0.3, -0.25) is 4.79 Å². The van der Waals surface area contributed by atoms with Gasteiger partial charge in [0.25, 0.3) is 0 Å². The molecule has 0 aliphatic carbocycles. The van der Waals surface area contributed by atoms with Gasteiger partial charge >= 0.3 is 0 Å². The number of alkyl halides is 1. The van der Waals surface area contributed by atoms with Crippen molar-refractivity contribution >= 4 is 45.4 Å². The largest absolute Gasteiger partial charge is 0.359 e. The van der Waals surface area contributed by atoms with E-state index in [9.17, 15) is 4.79 Å². The third-order valence-corrected chi connectivity index (χ3v) is 3.95. The second-order valence-corrected chi connectivity index (χ2v) is 5.52. The van der Waals surface area contributed by atoms with Gasteiger partial charge in [-0.25, -0.2) is 9.97 Å². The van der Waals surface area contributed by atoms with Crippen molar-refractivity contribution in [3.8, 4) is 0 Å². The van der Waals surface area contributed by atoms with E-state index in [4.69, 9.17) is 16.3 Å². The molecule has 94 valence electrons. The molecule has 1 fully saturated rings. The van der Waals surface area contributed by atoms with Crippen molar-refractivity contribution in [3.05, 3.63) is 17.1 Å². The molecular weight excluding hydrogens is 274 g/mol. The fourth-order valence-electron chi connectivity index (χ4n) is 1.85. The molecule has 0 spiro atoms. The lowest BCUT2D eigenvalue weighted by Crippen LogP contribution is -2.41. The predicted octanol–water partition coefficient (Wildman–Crippen LogP) is 1.91. The van der Waals surface area contributed by atoms with Crippen LogP contribution in [0.25, 0.3) is 10.2 Å². The molecule has 1 aliphatic heterocycles. The third-order valence-electron chi connectivity index (χ3n) is 2.70. The number of fused-ring (bicyclic) bond motifs is 1. The SMILES string of the molecule is O=Cc1cc2nc(N3CCOC(Cl)C3)ncc2s1. The van der Waals surface area contributed by atoms with Crippen LogP contribution in [-0.2, 0) is 4.74 Å². The van der Waals surface area contributed by atoms with Gasteiger partial charge in [-0.1, -0.05) is 11.6 Å². The van der Waals surface area contributed by atoms with Crippen LogP contribution in [-0.4, -0.2) is 41.5 Å². The summed E-state index contributed by atoms with van der Waals surface area (Å²) in [7, 11) is 0. The molecule has 0 N–H and O–H groups in total. The van der Waals surface area contributed by atoms with Crippen molar-refractivity contribution in [1.82, 2.24) is 9.97 Å². The van der Waals surface area contributed by atoms with Crippen molar-refractivity contribution in [2.45, 2.75) is 5.56 Å². The van der Waals surface area contributed by atoms with Gasteiger partial charge in [-0.2, -0.15) is 0 Å². The quantitative estimate of drug-likeness (QED) is 0.622. The minimum absolute atomic E-state index is 0.328. The summed E-state index contributed by atoms with van der Waals surface area (Å²) < 4.78 is 6.18. The van der Waals surface area contributed by atoms with Crippen LogP contribution in [0.2, 0.25) is 0 Å². The average Bonchev–Trinajstić information content (AvgIpc) is 2.80. The molecule has 3 heterocycles. The molecule has 1 unspecified atom stereocenters. The van der Waals surface area contributed by atoms with Crippen molar-refractivity contribution in [2.75, 3.05) is 24.6 Å². The highest BCUT2D eigenvalue weighted by molar-refractivity contribution is 7.20. The molecule has 0 saturated carbocycles. The number of hydrogen-bond donors (Lipinski definition) is 0. The summed E-state index contributed by atoms with van der Waals surface area (Å²) in [4.78, 5) is 22.1. The smallest absolute Gasteiger partial charge is 0.226 e. The molecule has 0 amide bonds. The minimum Gasteiger partial charge on any atom is -0.359 e. The summed E-state index contributed by atoms with van der Waals surface area (Å²) in [5, 5.41) is 0. The Labute approximate surface area is 112 Å². The maximum atomic E-state index is 10.7. The van der Waals surface area contributed by atoms with E-state index in [1.165, 1.54) is 11.3 Å². The molecule has 3 rings (SSSR count). The summed E-state index contributed by atoms with van der Waals surface area (Å²) in [5.41, 5.74) is 0.468. The lowest BCUT2D eigenvalue weighted by molar-refractivity contribution is 0.0928. The topological polar surface area (TPSA) is 55.3 Å². The van der Waals surface area contributed by atoms with Crippen LogP contribution in [0.15, 0.2) is 12.3 Å². The molecule has 2 aromatic heterocycles. The molecule has 18 heavy (non-hydrogen) atoms. The number of ether oxygens (including phenoxy) is 1. The number of anilines is 1. The first-order valence-corrected chi connectivity index (χ1v) is 6.74. The molecular formula is C11H10ClN3O2S. The number of morpholine rings is 1. The molecule has 1 saturated heterocycles. The van der Waals surface area contributed by atoms with E-state index >= 15 is 0 Å². The number of hydrogen-bond acceptors (Lipinski definition) is 6. The third kappa shape index (κ3) is 2.19. The Balaban J connectivity index is 1.94. The van der Waals surface area contributed by atoms with Crippen LogP contribution < -0.4 is 4.90 Å². The molecule has 0 aromatic carbocycles. The van der Waals surface area contributed by atoms with Gasteiger partial charge in [0.1, 0.15) is 5.56 Å². The molecule has 0 bridgehead atoms. The van der Waals surface area contributed by atoms with Gasteiger partial charge in [0.15, 0.2) is 6.29 Å². The monoisotopic (exact) mass is 283 g/mol. The Bertz CT molecular complexity index is 589. The number of aldehydes is 1. The van der Waals surface area contributed by atoms with Gasteiger partial charge in [-0.05, 0) is 6.07 Å². The molecule has 2 aromatic rings. The first-order chi connectivity index (χ1) is 8.76. The summed E-state index contributed by atoms with van der Waals surface area (Å²) in [6.07, 6.45) is 2.57. The van der Waals surface area contributed by atoms with Gasteiger partial charge in [0.05, 0.1) is 34.4 Å². The number of aromatic nitrogens is 2. The van der Waals surface area contributed by atoms with Crippen LogP contribution >= 0.6 is 22.9 Å². The summed E-state index contributed by atoms with van der Waals surface area (Å²) >= 11 is 7.33. The number of halogens is 1. The zero-order chi connectivity index (χ0) is 12.5. The lowest BCUT2D eigenvalue weighted by Gasteiger charge is -2.29. The Morgan fingerprint density at radius 2 is 2.50 bits per heavy atom. The Kier molecular flexibility index (Phi) is 3.15. The average molecular weight is 284 g/mol. The van der Waals surface area contributed by atoms with Crippen LogP contribution in [0.5, 0.6) is 0 Å². The number of nitrogens with zero attached hydrogens (tertiary/aromatic N) is 3. The molecule has 0 radical (unpaired) electrons. The molecule has 1 atom stereocenters. The number of rotatable bonds is 2. The number of carbonyl (C=O) groups is 1. The Hall–Kier alpha value is -1.24. The number of thiophene rings is 1. The van der Waals surface area contributed by atoms with E-state index in [-0.39, 0.29) is 5.56 Å². The van der Waals surface area contributed by atoms with Gasteiger partial charge in [0, 0.05) is 6.54 Å². The maximum absolute atomic E-state index is 10.7. The normalized spacial score (nSPS) is 20.3. The van der Waals surface area contributed by atoms with E-state index < -0.39 is 0 Å². The van der Waals surface area contributed by atoms with E-state index in [2.05, 4.69) is 9.97 Å². The predicted molar refractivity (Wildman–Crippen MR) is 70.6 cm³/mol. The molecule has 7 heteroatoms. The molecule has 1 aliphatic rings. The fourth-order valence-corrected chi connectivity index (χ4v) is 2.89. The minimum atomic E-state index is -0.328. The second kappa shape index (κ2) is 4.79. The van der Waals surface area contributed by atoms with Crippen LogP contribution in [0.3, 0.4) is 0 Å². The highest BCUT2D eigenvalue weighted by Gasteiger charge is 2.20. The van der Waals surface area contributed by atoms with Crippen molar-refractivity contribution in [3.63, 3.8) is 0 Å². The van der Waals surface area contributed by atoms with E-state index in [1.54, 1.807) is 12.3 Å².